The quantitative estimate of drug-likeness (QED) is 0.677. The second kappa shape index (κ2) is 10.9. The van der Waals surface area contributed by atoms with Gasteiger partial charge in [0.1, 0.15) is 0 Å². The maximum atomic E-state index is 12.0. The van der Waals surface area contributed by atoms with Crippen LogP contribution in [0, 0.1) is 0 Å². The molecule has 1 aliphatic rings. The molecule has 0 saturated carbocycles. The smallest absolute Gasteiger partial charge is 0.234 e. The van der Waals surface area contributed by atoms with Crippen molar-refractivity contribution in [1.29, 1.82) is 0 Å². The standard InChI is InChI=1S/C13H26N4O2.ClH/c1-3-15-12(18)11-16(4-2)8-5-13(19)17-9-6-14-7-10-17;/h14H,3-11H2,1-2H3,(H,15,18);1H. The summed E-state index contributed by atoms with van der Waals surface area (Å²) in [7, 11) is 0. The number of carbonyl (C=O) groups excluding carboxylic acids is 2. The predicted molar refractivity (Wildman–Crippen MR) is 82.1 cm³/mol. The zero-order valence-corrected chi connectivity index (χ0v) is 13.3. The third-order valence-electron chi connectivity index (χ3n) is 3.30. The van der Waals surface area contributed by atoms with Crippen molar-refractivity contribution in [2.24, 2.45) is 0 Å². The fourth-order valence-electron chi connectivity index (χ4n) is 2.13. The van der Waals surface area contributed by atoms with Gasteiger partial charge in [0.25, 0.3) is 0 Å². The number of hydrogen-bond acceptors (Lipinski definition) is 4. The first-order valence-corrected chi connectivity index (χ1v) is 7.14. The summed E-state index contributed by atoms with van der Waals surface area (Å²) in [6, 6.07) is 0. The van der Waals surface area contributed by atoms with Crippen molar-refractivity contribution in [3.05, 3.63) is 0 Å². The maximum absolute atomic E-state index is 12.0. The molecule has 1 fully saturated rings. The summed E-state index contributed by atoms with van der Waals surface area (Å²) in [6.45, 7) is 9.71. The third kappa shape index (κ3) is 7.07. The molecule has 1 aliphatic heterocycles. The van der Waals surface area contributed by atoms with E-state index in [0.29, 0.717) is 26.1 Å². The van der Waals surface area contributed by atoms with Crippen LogP contribution in [0.4, 0.5) is 0 Å². The molecule has 1 saturated heterocycles. The molecule has 2 N–H and O–H groups in total. The second-order valence-electron chi connectivity index (χ2n) is 4.70. The molecule has 0 aliphatic carbocycles. The molecule has 0 atom stereocenters. The van der Waals surface area contributed by atoms with Crippen LogP contribution in [-0.2, 0) is 9.59 Å². The Hall–Kier alpha value is -0.850. The van der Waals surface area contributed by atoms with E-state index in [-0.39, 0.29) is 24.2 Å². The molecule has 1 rings (SSSR count). The van der Waals surface area contributed by atoms with Crippen LogP contribution in [0.3, 0.4) is 0 Å². The van der Waals surface area contributed by atoms with Crippen molar-refractivity contribution >= 4 is 24.2 Å². The first-order chi connectivity index (χ1) is 9.17. The Morgan fingerprint density at radius 1 is 1.25 bits per heavy atom. The van der Waals surface area contributed by atoms with Crippen molar-refractivity contribution in [2.45, 2.75) is 20.3 Å². The van der Waals surface area contributed by atoms with Crippen molar-refractivity contribution in [2.75, 3.05) is 52.4 Å². The van der Waals surface area contributed by atoms with Gasteiger partial charge in [-0.05, 0) is 13.5 Å². The van der Waals surface area contributed by atoms with E-state index in [9.17, 15) is 9.59 Å². The number of nitrogens with zero attached hydrogens (tertiary/aromatic N) is 2. The number of nitrogens with one attached hydrogen (secondary N) is 2. The van der Waals surface area contributed by atoms with Gasteiger partial charge < -0.3 is 15.5 Å². The molecule has 118 valence electrons. The Labute approximate surface area is 127 Å². The molecule has 0 unspecified atom stereocenters. The van der Waals surface area contributed by atoms with Crippen molar-refractivity contribution in [1.82, 2.24) is 20.4 Å². The van der Waals surface area contributed by atoms with Crippen LogP contribution < -0.4 is 10.6 Å². The highest BCUT2D eigenvalue weighted by atomic mass is 35.5. The molecule has 6 nitrogen and oxygen atoms in total. The largest absolute Gasteiger partial charge is 0.355 e. The SMILES string of the molecule is CCNC(=O)CN(CC)CCC(=O)N1CCNCC1.Cl. The molecule has 0 aromatic heterocycles. The minimum atomic E-state index is 0. The zero-order valence-electron chi connectivity index (χ0n) is 12.5. The minimum Gasteiger partial charge on any atom is -0.355 e. The van der Waals surface area contributed by atoms with Crippen LogP contribution in [0.15, 0.2) is 0 Å². The molecule has 7 heteroatoms. The molecule has 1 heterocycles. The predicted octanol–water partition coefficient (Wildman–Crippen LogP) is -0.312. The van der Waals surface area contributed by atoms with Crippen LogP contribution in [-0.4, -0.2) is 74.0 Å². The number of piperazine rings is 1. The van der Waals surface area contributed by atoms with Gasteiger partial charge in [-0.15, -0.1) is 12.4 Å². The molecular weight excluding hydrogens is 280 g/mol. The lowest BCUT2D eigenvalue weighted by Crippen LogP contribution is -2.47. The summed E-state index contributed by atoms with van der Waals surface area (Å²) < 4.78 is 0. The van der Waals surface area contributed by atoms with Crippen molar-refractivity contribution < 1.29 is 9.59 Å². The van der Waals surface area contributed by atoms with Gasteiger partial charge in [-0.1, -0.05) is 6.92 Å². The normalized spacial score (nSPS) is 14.8. The Balaban J connectivity index is 0.00000361. The summed E-state index contributed by atoms with van der Waals surface area (Å²) in [4.78, 5) is 27.4. The van der Waals surface area contributed by atoms with Crippen LogP contribution in [0.2, 0.25) is 0 Å². The Morgan fingerprint density at radius 3 is 2.45 bits per heavy atom. The van der Waals surface area contributed by atoms with Gasteiger partial charge in [-0.3, -0.25) is 14.5 Å². The van der Waals surface area contributed by atoms with E-state index in [1.807, 2.05) is 23.6 Å². The molecule has 0 aromatic rings. The average molecular weight is 307 g/mol. The second-order valence-corrected chi connectivity index (χ2v) is 4.70. The highest BCUT2D eigenvalue weighted by molar-refractivity contribution is 5.85. The number of amides is 2. The highest BCUT2D eigenvalue weighted by Crippen LogP contribution is 1.99. The number of rotatable bonds is 7. The number of hydrogen-bond donors (Lipinski definition) is 2. The van der Waals surface area contributed by atoms with Gasteiger partial charge in [-0.2, -0.15) is 0 Å². The lowest BCUT2D eigenvalue weighted by atomic mass is 10.3. The third-order valence-corrected chi connectivity index (χ3v) is 3.30. The van der Waals surface area contributed by atoms with E-state index in [4.69, 9.17) is 0 Å². The summed E-state index contributed by atoms with van der Waals surface area (Å²) in [5.74, 6) is 0.217. The summed E-state index contributed by atoms with van der Waals surface area (Å²) in [5, 5.41) is 6.01. The Morgan fingerprint density at radius 2 is 1.90 bits per heavy atom. The van der Waals surface area contributed by atoms with E-state index < -0.39 is 0 Å². The molecule has 0 bridgehead atoms. The number of likely N-dealkylation sites (N-methyl/N-ethyl adjacent to an activating group) is 2. The lowest BCUT2D eigenvalue weighted by molar-refractivity contribution is -0.132. The summed E-state index contributed by atoms with van der Waals surface area (Å²) in [6.07, 6.45) is 0.493. The zero-order chi connectivity index (χ0) is 14.1. The number of halogens is 1. The van der Waals surface area contributed by atoms with Gasteiger partial charge >= 0.3 is 0 Å². The van der Waals surface area contributed by atoms with Gasteiger partial charge in [0.2, 0.25) is 11.8 Å². The monoisotopic (exact) mass is 306 g/mol. The van der Waals surface area contributed by atoms with Gasteiger partial charge in [-0.25, -0.2) is 0 Å². The number of carbonyl (C=O) groups is 2. The summed E-state index contributed by atoms with van der Waals surface area (Å²) in [5.41, 5.74) is 0. The van der Waals surface area contributed by atoms with E-state index >= 15 is 0 Å². The molecule has 0 spiro atoms. The van der Waals surface area contributed by atoms with Crippen LogP contribution in [0.5, 0.6) is 0 Å². The van der Waals surface area contributed by atoms with E-state index in [1.54, 1.807) is 0 Å². The fourth-order valence-corrected chi connectivity index (χ4v) is 2.13. The Kier molecular flexibility index (Phi) is 10.4. The van der Waals surface area contributed by atoms with Crippen LogP contribution in [0.25, 0.3) is 0 Å². The molecule has 0 radical (unpaired) electrons. The Bertz CT molecular complexity index is 296. The first-order valence-electron chi connectivity index (χ1n) is 7.14. The van der Waals surface area contributed by atoms with Crippen LogP contribution >= 0.6 is 12.4 Å². The first kappa shape index (κ1) is 19.1. The molecule has 20 heavy (non-hydrogen) atoms. The minimum absolute atomic E-state index is 0. The van der Waals surface area contributed by atoms with E-state index in [1.165, 1.54) is 0 Å². The van der Waals surface area contributed by atoms with Gasteiger partial charge in [0, 0.05) is 45.7 Å². The molecule has 0 aromatic carbocycles. The molecular formula is C13H27ClN4O2. The van der Waals surface area contributed by atoms with Gasteiger partial charge in [0.15, 0.2) is 0 Å². The van der Waals surface area contributed by atoms with Crippen molar-refractivity contribution in [3.8, 4) is 0 Å². The average Bonchev–Trinajstić information content (AvgIpc) is 2.44. The maximum Gasteiger partial charge on any atom is 0.234 e. The van der Waals surface area contributed by atoms with Gasteiger partial charge in [0.05, 0.1) is 6.54 Å². The lowest BCUT2D eigenvalue weighted by Gasteiger charge is -2.28. The molecule has 2 amide bonds. The summed E-state index contributed by atoms with van der Waals surface area (Å²) >= 11 is 0. The highest BCUT2D eigenvalue weighted by Gasteiger charge is 2.17. The van der Waals surface area contributed by atoms with E-state index in [2.05, 4.69) is 10.6 Å². The van der Waals surface area contributed by atoms with Crippen LogP contribution in [0.1, 0.15) is 20.3 Å². The topological polar surface area (TPSA) is 64.7 Å². The fraction of sp³-hybridized carbons (Fsp3) is 0.846. The van der Waals surface area contributed by atoms with Crippen molar-refractivity contribution in [3.63, 3.8) is 0 Å². The van der Waals surface area contributed by atoms with E-state index in [0.717, 1.165) is 32.7 Å².